The number of carbonyl (C=O) groups excluding carboxylic acids is 1. The van der Waals surface area contributed by atoms with Crippen LogP contribution in [0, 0.1) is 0 Å². The number of hydrogen-bond acceptors (Lipinski definition) is 5. The molecule has 0 bridgehead atoms. The van der Waals surface area contributed by atoms with E-state index >= 15 is 0 Å². The number of unbranched alkanes of at least 4 members (excludes halogenated alkanes) is 1. The number of methoxy groups -OCH3 is 1. The van der Waals surface area contributed by atoms with E-state index in [2.05, 4.69) is 4.98 Å². The summed E-state index contributed by atoms with van der Waals surface area (Å²) in [6.45, 7) is 2.39. The molecule has 0 aliphatic heterocycles. The Bertz CT molecular complexity index is 1060. The molecule has 0 spiro atoms. The van der Waals surface area contributed by atoms with Gasteiger partial charge in [-0.3, -0.25) is 24.0 Å². The minimum absolute atomic E-state index is 0.0391. The number of nitrogens with two attached hydrogens (primary N) is 1. The van der Waals surface area contributed by atoms with Crippen LogP contribution in [0.2, 0.25) is 0 Å². The minimum atomic E-state index is -0.634. The Hall–Kier alpha value is -3.29. The van der Waals surface area contributed by atoms with Crippen LogP contribution in [-0.2, 0) is 11.3 Å². The third-order valence-electron chi connectivity index (χ3n) is 5.63. The summed E-state index contributed by atoms with van der Waals surface area (Å²) in [5.41, 5.74) is 5.96. The van der Waals surface area contributed by atoms with E-state index in [9.17, 15) is 14.4 Å². The summed E-state index contributed by atoms with van der Waals surface area (Å²) < 4.78 is 6.57. The van der Waals surface area contributed by atoms with Crippen molar-refractivity contribution in [2.75, 3.05) is 17.7 Å². The standard InChI is InChI=1S/C23H30N4O4/c1-3-4-14-26-21(24)20(22(29)25-23(26)30)27(17-9-5-6-10-17)19(28)13-12-16-8-7-11-18(15-16)31-2/h7-8,11-13,15,17H,3-6,9-10,14,24H2,1-2H3,(H,25,29,30)/b13-12+. The van der Waals surface area contributed by atoms with E-state index in [1.165, 1.54) is 15.5 Å². The number of amides is 1. The Morgan fingerprint density at radius 3 is 2.74 bits per heavy atom. The highest BCUT2D eigenvalue weighted by molar-refractivity contribution is 6.05. The highest BCUT2D eigenvalue weighted by atomic mass is 16.5. The van der Waals surface area contributed by atoms with Gasteiger partial charge in [0, 0.05) is 18.7 Å². The van der Waals surface area contributed by atoms with E-state index in [4.69, 9.17) is 10.5 Å². The summed E-state index contributed by atoms with van der Waals surface area (Å²) >= 11 is 0. The second-order valence-corrected chi connectivity index (χ2v) is 7.75. The van der Waals surface area contributed by atoms with Crippen LogP contribution in [0.25, 0.3) is 6.08 Å². The number of nitrogen functional groups attached to an aromatic ring is 1. The Labute approximate surface area is 181 Å². The average Bonchev–Trinajstić information content (AvgIpc) is 3.29. The Balaban J connectivity index is 2.01. The van der Waals surface area contributed by atoms with Crippen molar-refractivity contribution in [2.45, 2.75) is 58.0 Å². The molecular weight excluding hydrogens is 396 g/mol. The zero-order valence-electron chi connectivity index (χ0n) is 18.1. The van der Waals surface area contributed by atoms with Crippen molar-refractivity contribution in [3.63, 3.8) is 0 Å². The molecule has 1 aromatic carbocycles. The number of nitrogens with zero attached hydrogens (tertiary/aromatic N) is 2. The second-order valence-electron chi connectivity index (χ2n) is 7.75. The van der Waals surface area contributed by atoms with E-state index in [1.54, 1.807) is 13.2 Å². The summed E-state index contributed by atoms with van der Waals surface area (Å²) in [6, 6.07) is 7.20. The van der Waals surface area contributed by atoms with Crippen molar-refractivity contribution < 1.29 is 9.53 Å². The maximum Gasteiger partial charge on any atom is 0.330 e. The van der Waals surface area contributed by atoms with E-state index in [1.807, 2.05) is 31.2 Å². The first-order valence-corrected chi connectivity index (χ1v) is 10.7. The van der Waals surface area contributed by atoms with E-state index in [0.717, 1.165) is 44.1 Å². The molecule has 3 rings (SSSR count). The summed E-state index contributed by atoms with van der Waals surface area (Å²) in [6.07, 6.45) is 8.25. The number of hydrogen-bond donors (Lipinski definition) is 2. The molecule has 0 radical (unpaired) electrons. The van der Waals surface area contributed by atoms with Crippen molar-refractivity contribution >= 4 is 23.5 Å². The number of benzene rings is 1. The molecule has 1 fully saturated rings. The Kier molecular flexibility index (Phi) is 7.33. The average molecular weight is 427 g/mol. The number of carbonyl (C=O) groups is 1. The number of anilines is 2. The monoisotopic (exact) mass is 426 g/mol. The van der Waals surface area contributed by atoms with Gasteiger partial charge < -0.3 is 10.5 Å². The van der Waals surface area contributed by atoms with Crippen LogP contribution >= 0.6 is 0 Å². The van der Waals surface area contributed by atoms with Crippen LogP contribution in [0.15, 0.2) is 39.9 Å². The largest absolute Gasteiger partial charge is 0.497 e. The Morgan fingerprint density at radius 2 is 2.06 bits per heavy atom. The Morgan fingerprint density at radius 1 is 1.32 bits per heavy atom. The van der Waals surface area contributed by atoms with Gasteiger partial charge in [0.15, 0.2) is 5.69 Å². The van der Waals surface area contributed by atoms with Gasteiger partial charge in [0.05, 0.1) is 7.11 Å². The minimum Gasteiger partial charge on any atom is -0.497 e. The number of rotatable bonds is 8. The van der Waals surface area contributed by atoms with E-state index in [0.29, 0.717) is 12.3 Å². The fourth-order valence-corrected chi connectivity index (χ4v) is 3.98. The smallest absolute Gasteiger partial charge is 0.330 e. The van der Waals surface area contributed by atoms with Gasteiger partial charge in [0.1, 0.15) is 11.6 Å². The summed E-state index contributed by atoms with van der Waals surface area (Å²) in [4.78, 5) is 42.2. The molecule has 1 amide bonds. The molecule has 166 valence electrons. The molecule has 8 nitrogen and oxygen atoms in total. The second kappa shape index (κ2) is 10.1. The lowest BCUT2D eigenvalue weighted by Crippen LogP contribution is -2.45. The number of ether oxygens (including phenoxy) is 1. The molecule has 3 N–H and O–H groups in total. The molecule has 0 atom stereocenters. The molecule has 8 heteroatoms. The molecule has 1 aliphatic rings. The molecule has 0 unspecified atom stereocenters. The SMILES string of the molecule is CCCCn1c(N)c(N(C(=O)/C=C/c2cccc(OC)c2)C2CCCC2)c(=O)[nH]c1=O. The van der Waals surface area contributed by atoms with Gasteiger partial charge in [-0.25, -0.2) is 4.79 Å². The lowest BCUT2D eigenvalue weighted by molar-refractivity contribution is -0.114. The molecule has 1 saturated carbocycles. The molecule has 1 heterocycles. The summed E-state index contributed by atoms with van der Waals surface area (Å²) in [5.74, 6) is 0.385. The maximum absolute atomic E-state index is 13.3. The molecule has 1 aliphatic carbocycles. The van der Waals surface area contributed by atoms with Gasteiger partial charge in [0.25, 0.3) is 11.5 Å². The summed E-state index contributed by atoms with van der Waals surface area (Å²) in [7, 11) is 1.58. The quantitative estimate of drug-likeness (QED) is 0.631. The van der Waals surface area contributed by atoms with Crippen molar-refractivity contribution in [2.24, 2.45) is 0 Å². The molecule has 31 heavy (non-hydrogen) atoms. The molecule has 1 aromatic heterocycles. The summed E-state index contributed by atoms with van der Waals surface area (Å²) in [5, 5.41) is 0. The first-order valence-electron chi connectivity index (χ1n) is 10.7. The molecule has 2 aromatic rings. The highest BCUT2D eigenvalue weighted by Gasteiger charge is 2.31. The highest BCUT2D eigenvalue weighted by Crippen LogP contribution is 2.29. The third kappa shape index (κ3) is 5.07. The lowest BCUT2D eigenvalue weighted by atomic mass is 10.1. The maximum atomic E-state index is 13.3. The van der Waals surface area contributed by atoms with E-state index in [-0.39, 0.29) is 23.5 Å². The zero-order valence-corrected chi connectivity index (χ0v) is 18.1. The van der Waals surface area contributed by atoms with Crippen LogP contribution in [0.5, 0.6) is 5.75 Å². The number of nitrogens with one attached hydrogen (secondary N) is 1. The number of H-pyrrole nitrogens is 1. The van der Waals surface area contributed by atoms with Crippen molar-refractivity contribution in [1.82, 2.24) is 9.55 Å². The fraction of sp³-hybridized carbons (Fsp3) is 0.435. The number of aromatic amines is 1. The van der Waals surface area contributed by atoms with Crippen LogP contribution in [0.3, 0.4) is 0 Å². The molecular formula is C23H30N4O4. The zero-order chi connectivity index (χ0) is 22.4. The first-order chi connectivity index (χ1) is 15.0. The van der Waals surface area contributed by atoms with Gasteiger partial charge in [-0.1, -0.05) is 38.3 Å². The van der Waals surface area contributed by atoms with Gasteiger partial charge in [-0.05, 0) is 43.0 Å². The van der Waals surface area contributed by atoms with Crippen molar-refractivity contribution in [3.8, 4) is 5.75 Å². The van der Waals surface area contributed by atoms with Crippen LogP contribution < -0.4 is 26.6 Å². The normalized spacial score (nSPS) is 14.3. The van der Waals surface area contributed by atoms with Gasteiger partial charge in [0.2, 0.25) is 0 Å². The van der Waals surface area contributed by atoms with Crippen molar-refractivity contribution in [1.29, 1.82) is 0 Å². The molecule has 0 saturated heterocycles. The first kappa shape index (κ1) is 22.4. The van der Waals surface area contributed by atoms with Crippen molar-refractivity contribution in [3.05, 3.63) is 56.7 Å². The van der Waals surface area contributed by atoms with Gasteiger partial charge >= 0.3 is 5.69 Å². The predicted molar refractivity (Wildman–Crippen MR) is 122 cm³/mol. The number of aromatic nitrogens is 2. The lowest BCUT2D eigenvalue weighted by Gasteiger charge is -2.29. The third-order valence-corrected chi connectivity index (χ3v) is 5.63. The predicted octanol–water partition coefficient (Wildman–Crippen LogP) is 2.92. The van der Waals surface area contributed by atoms with E-state index < -0.39 is 11.2 Å². The van der Waals surface area contributed by atoms with Crippen LogP contribution in [0.1, 0.15) is 51.0 Å². The van der Waals surface area contributed by atoms with Gasteiger partial charge in [-0.15, -0.1) is 0 Å². The van der Waals surface area contributed by atoms with Gasteiger partial charge in [-0.2, -0.15) is 0 Å². The van der Waals surface area contributed by atoms with Crippen LogP contribution in [-0.4, -0.2) is 28.6 Å². The fourth-order valence-electron chi connectivity index (χ4n) is 3.98. The van der Waals surface area contributed by atoms with Crippen LogP contribution in [0.4, 0.5) is 11.5 Å². The topological polar surface area (TPSA) is 110 Å².